The maximum absolute atomic E-state index is 11.8. The number of H-pyrrole nitrogens is 2. The van der Waals surface area contributed by atoms with Gasteiger partial charge >= 0.3 is 34.8 Å². The Kier molecular flexibility index (Phi) is 12.3. The minimum absolute atomic E-state index is 0.479. The zero-order chi connectivity index (χ0) is 35.6. The summed E-state index contributed by atoms with van der Waals surface area (Å²) in [6, 6.07) is 1.95. The molecule has 2 aromatic heterocycles. The van der Waals surface area contributed by atoms with E-state index in [2.05, 4.69) is 13.1 Å². The number of aromatic amines is 2. The lowest BCUT2D eigenvalue weighted by Crippen LogP contribution is -2.40. The summed E-state index contributed by atoms with van der Waals surface area (Å²) >= 11 is 0. The van der Waals surface area contributed by atoms with Crippen LogP contribution in [0, 0.1) is 0 Å². The third-order valence-electron chi connectivity index (χ3n) is 5.98. The SMILES string of the molecule is O=c1ccn([C@@H]2O[C@H](C(O)OP(=O)(O)OP(=O)(O)OP(=O)(O)O)[C@@H](O)[C@H]2O)c(=O)[nH]1.O=c1ccn([C@@H]2O[C@H](CO)[C@@H](O)[C@H]2O)c(=O)[nH]1. The Bertz CT molecular complexity index is 1780. The lowest BCUT2D eigenvalue weighted by Gasteiger charge is -2.23. The number of phosphoric acid groups is 3. The molecular formula is C18H27N4O22P3. The smallest absolute Gasteiger partial charge is 0.394 e. The van der Waals surface area contributed by atoms with Gasteiger partial charge in [0.05, 0.1) is 6.61 Å². The van der Waals surface area contributed by atoms with E-state index in [1.807, 2.05) is 9.97 Å². The van der Waals surface area contributed by atoms with E-state index < -0.39 is 108 Å². The van der Waals surface area contributed by atoms with E-state index in [9.17, 15) is 63.3 Å². The largest absolute Gasteiger partial charge is 0.490 e. The highest BCUT2D eigenvalue weighted by molar-refractivity contribution is 7.66. The van der Waals surface area contributed by atoms with Crippen molar-refractivity contribution < 1.29 is 86.5 Å². The van der Waals surface area contributed by atoms with E-state index in [0.717, 1.165) is 29.1 Å². The van der Waals surface area contributed by atoms with Crippen LogP contribution in [-0.2, 0) is 36.3 Å². The van der Waals surface area contributed by atoms with E-state index in [4.69, 9.17) is 29.3 Å². The molecule has 0 amide bonds. The van der Waals surface area contributed by atoms with Gasteiger partial charge in [0.1, 0.15) is 36.6 Å². The molecule has 2 aromatic rings. The summed E-state index contributed by atoms with van der Waals surface area (Å²) < 4.78 is 56.1. The van der Waals surface area contributed by atoms with Crippen molar-refractivity contribution in [3.63, 3.8) is 0 Å². The Morgan fingerprint density at radius 1 is 0.745 bits per heavy atom. The van der Waals surface area contributed by atoms with Crippen LogP contribution in [0.4, 0.5) is 0 Å². The van der Waals surface area contributed by atoms with Gasteiger partial charge in [-0.25, -0.2) is 23.3 Å². The molecule has 0 radical (unpaired) electrons. The van der Waals surface area contributed by atoms with Gasteiger partial charge in [-0.05, 0) is 0 Å². The molecule has 2 aliphatic rings. The van der Waals surface area contributed by atoms with Crippen molar-refractivity contribution >= 4 is 23.5 Å². The van der Waals surface area contributed by atoms with Crippen LogP contribution >= 0.6 is 23.5 Å². The Morgan fingerprint density at radius 2 is 1.21 bits per heavy atom. The molecule has 4 rings (SSSR count). The molecule has 2 fully saturated rings. The number of aromatic nitrogens is 4. The number of aliphatic hydroxyl groups excluding tert-OH is 6. The van der Waals surface area contributed by atoms with Crippen molar-refractivity contribution in [2.24, 2.45) is 0 Å². The minimum Gasteiger partial charge on any atom is -0.394 e. The maximum atomic E-state index is 11.8. The fraction of sp³-hybridized carbons (Fsp3) is 0.556. The summed E-state index contributed by atoms with van der Waals surface area (Å²) in [6.07, 6.45) is -13.1. The first-order valence-electron chi connectivity index (χ1n) is 12.3. The minimum atomic E-state index is -5.87. The second-order valence-electron chi connectivity index (χ2n) is 9.32. The molecule has 12 N–H and O–H groups in total. The summed E-state index contributed by atoms with van der Waals surface area (Å²) in [7, 11) is -17.3. The Morgan fingerprint density at radius 3 is 1.64 bits per heavy atom. The van der Waals surface area contributed by atoms with Crippen molar-refractivity contribution in [3.05, 3.63) is 66.2 Å². The molecule has 0 saturated carbocycles. The predicted molar refractivity (Wildman–Crippen MR) is 143 cm³/mol. The molecule has 0 aliphatic carbocycles. The van der Waals surface area contributed by atoms with Gasteiger partial charge in [0, 0.05) is 24.5 Å². The third kappa shape index (κ3) is 9.99. The summed E-state index contributed by atoms with van der Waals surface area (Å²) in [6.45, 7) is -0.479. The molecule has 0 spiro atoms. The van der Waals surface area contributed by atoms with E-state index in [1.165, 1.54) is 0 Å². The molecule has 2 saturated heterocycles. The average molecular weight is 744 g/mol. The normalized spacial score (nSPS) is 30.9. The summed E-state index contributed by atoms with van der Waals surface area (Å²) in [5, 5.41) is 57.8. The zero-order valence-electron chi connectivity index (χ0n) is 22.8. The van der Waals surface area contributed by atoms with Crippen LogP contribution in [0.2, 0.25) is 0 Å². The molecule has 3 unspecified atom stereocenters. The Labute approximate surface area is 257 Å². The van der Waals surface area contributed by atoms with Crippen molar-refractivity contribution in [3.8, 4) is 0 Å². The summed E-state index contributed by atoms with van der Waals surface area (Å²) in [5.41, 5.74) is -3.21. The second kappa shape index (κ2) is 14.9. The molecule has 29 heteroatoms. The van der Waals surface area contributed by atoms with Crippen molar-refractivity contribution in [1.29, 1.82) is 0 Å². The number of ether oxygens (including phenoxy) is 2. The molecule has 2 aliphatic heterocycles. The lowest BCUT2D eigenvalue weighted by molar-refractivity contribution is -0.161. The van der Waals surface area contributed by atoms with Gasteiger partial charge in [-0.15, -0.1) is 0 Å². The number of nitrogens with zero attached hydrogens (tertiary/aromatic N) is 2. The topological polar surface area (TPSA) is 409 Å². The first-order valence-corrected chi connectivity index (χ1v) is 16.8. The van der Waals surface area contributed by atoms with Crippen LogP contribution in [-0.4, -0.2) is 119 Å². The fourth-order valence-corrected chi connectivity index (χ4v) is 7.06. The highest BCUT2D eigenvalue weighted by Gasteiger charge is 2.51. The quantitative estimate of drug-likeness (QED) is 0.0795. The Balaban J connectivity index is 0.000000297. The number of phosphoric ester groups is 1. The first-order chi connectivity index (χ1) is 21.6. The van der Waals surface area contributed by atoms with E-state index in [1.54, 1.807) is 0 Å². The molecule has 47 heavy (non-hydrogen) atoms. The van der Waals surface area contributed by atoms with E-state index in [-0.39, 0.29) is 0 Å². The molecule has 26 nitrogen and oxygen atoms in total. The van der Waals surface area contributed by atoms with Gasteiger partial charge in [0.15, 0.2) is 18.7 Å². The number of hydrogen-bond acceptors (Lipinski definition) is 18. The van der Waals surface area contributed by atoms with Gasteiger partial charge in [0.25, 0.3) is 11.1 Å². The number of nitrogens with one attached hydrogen (secondary N) is 2. The molecule has 0 bridgehead atoms. The number of hydrogen-bond donors (Lipinski definition) is 12. The highest BCUT2D eigenvalue weighted by atomic mass is 31.3. The van der Waals surface area contributed by atoms with Gasteiger partial charge < -0.3 is 59.7 Å². The summed E-state index contributed by atoms with van der Waals surface area (Å²) in [4.78, 5) is 84.2. The van der Waals surface area contributed by atoms with Gasteiger partial charge in [-0.1, -0.05) is 0 Å². The van der Waals surface area contributed by atoms with Crippen LogP contribution in [0.25, 0.3) is 0 Å². The molecular weight excluding hydrogens is 717 g/mol. The van der Waals surface area contributed by atoms with Crippen molar-refractivity contribution in [1.82, 2.24) is 19.1 Å². The zero-order valence-corrected chi connectivity index (χ0v) is 25.5. The fourth-order valence-electron chi connectivity index (χ4n) is 4.01. The molecule has 4 heterocycles. The maximum Gasteiger partial charge on any atom is 0.490 e. The van der Waals surface area contributed by atoms with Gasteiger partial charge in [0.2, 0.25) is 0 Å². The highest BCUT2D eigenvalue weighted by Crippen LogP contribution is 2.66. The van der Waals surface area contributed by atoms with Crippen LogP contribution in [0.3, 0.4) is 0 Å². The average Bonchev–Trinajstić information content (AvgIpc) is 3.36. The second-order valence-corrected chi connectivity index (χ2v) is 13.7. The van der Waals surface area contributed by atoms with Crippen LogP contribution in [0.5, 0.6) is 0 Å². The number of rotatable bonds is 10. The standard InChI is InChI=1S/C9H15N2O16P3.C9H12N2O6/c12-3-1-2-11(9(16)10-3)7-5(14)4(13)6(24-7)8(15)25-29(20,21)27-30(22,23)26-28(17,18)19;12-3-4-6(14)7(15)8(17-4)11-2-1-5(13)10-9(11)16/h1-2,4-8,13-15H,(H,20,21)(H,22,23)(H,10,12,16)(H2,17,18,19);1-2,4,6-8,12,14-15H,3H2,(H,10,13,16)/t4-,5+,6-,7+,8?;4-,6-,7-,8-/m01/s1. The lowest BCUT2D eigenvalue weighted by atomic mass is 10.1. The van der Waals surface area contributed by atoms with Crippen molar-refractivity contribution in [2.45, 2.75) is 55.4 Å². The number of aliphatic hydroxyl groups is 6. The molecule has 11 atom stereocenters. The monoisotopic (exact) mass is 744 g/mol. The first kappa shape index (κ1) is 38.9. The Hall–Kier alpha value is -2.55. The predicted octanol–water partition coefficient (Wildman–Crippen LogP) is -6.03. The van der Waals surface area contributed by atoms with Crippen LogP contribution in [0.15, 0.2) is 43.7 Å². The van der Waals surface area contributed by atoms with E-state index in [0.29, 0.717) is 4.57 Å². The van der Waals surface area contributed by atoms with Crippen LogP contribution < -0.4 is 22.5 Å². The van der Waals surface area contributed by atoms with Crippen LogP contribution in [0.1, 0.15) is 12.5 Å². The van der Waals surface area contributed by atoms with Gasteiger partial charge in [-0.3, -0.25) is 33.2 Å². The van der Waals surface area contributed by atoms with Crippen molar-refractivity contribution in [2.75, 3.05) is 6.61 Å². The van der Waals surface area contributed by atoms with E-state index >= 15 is 0 Å². The molecule has 266 valence electrons. The third-order valence-corrected chi connectivity index (χ3v) is 9.79. The molecule has 0 aromatic carbocycles. The van der Waals surface area contributed by atoms with Gasteiger partial charge in [-0.2, -0.15) is 8.62 Å². The summed E-state index contributed by atoms with van der Waals surface area (Å²) in [5.74, 6) is 0.